The van der Waals surface area contributed by atoms with Crippen LogP contribution in [0.25, 0.3) is 0 Å². The van der Waals surface area contributed by atoms with Gasteiger partial charge >= 0.3 is 0 Å². The molecule has 0 radical (unpaired) electrons. The summed E-state index contributed by atoms with van der Waals surface area (Å²) in [5.41, 5.74) is 2.34. The monoisotopic (exact) mass is 415 g/mol. The van der Waals surface area contributed by atoms with Crippen LogP contribution in [0.4, 0.5) is 0 Å². The topological polar surface area (TPSA) is 49.6 Å². The second-order valence-electron chi connectivity index (χ2n) is 8.54. The molecule has 0 aromatic heterocycles. The van der Waals surface area contributed by atoms with E-state index in [4.69, 9.17) is 0 Å². The van der Waals surface area contributed by atoms with E-state index in [2.05, 4.69) is 34.1 Å². The van der Waals surface area contributed by atoms with Gasteiger partial charge < -0.3 is 0 Å². The van der Waals surface area contributed by atoms with Crippen LogP contribution >= 0.6 is 0 Å². The van der Waals surface area contributed by atoms with E-state index in [-0.39, 0.29) is 4.92 Å². The molecular weight excluding hydrogens is 386 g/mol. The Hall–Kier alpha value is -3.02. The fourth-order valence-electron chi connectivity index (χ4n) is 4.54. The van der Waals surface area contributed by atoms with Crippen LogP contribution in [-0.4, -0.2) is 46.4 Å². The van der Waals surface area contributed by atoms with Crippen molar-refractivity contribution in [2.45, 2.75) is 25.0 Å². The maximum absolute atomic E-state index is 12.6. The van der Waals surface area contributed by atoms with Gasteiger partial charge in [0.1, 0.15) is 0 Å². The second kappa shape index (κ2) is 9.86. The van der Waals surface area contributed by atoms with Gasteiger partial charge in [0.2, 0.25) is 0 Å². The van der Waals surface area contributed by atoms with E-state index in [1.165, 1.54) is 11.1 Å². The summed E-state index contributed by atoms with van der Waals surface area (Å²) >= 11 is 0. The van der Waals surface area contributed by atoms with E-state index in [1.54, 1.807) is 0 Å². The Balaban J connectivity index is 1.62. The van der Waals surface area contributed by atoms with Crippen LogP contribution in [0.5, 0.6) is 0 Å². The molecule has 1 aliphatic rings. The molecule has 5 heteroatoms. The fourth-order valence-corrected chi connectivity index (χ4v) is 4.54. The number of nitrogens with zero attached hydrogens (tertiary/aromatic N) is 3. The minimum atomic E-state index is -1.05. The Morgan fingerprint density at radius 2 is 1.06 bits per heavy atom. The second-order valence-corrected chi connectivity index (χ2v) is 8.54. The van der Waals surface area contributed by atoms with Crippen LogP contribution in [-0.2, 0) is 19.5 Å². The van der Waals surface area contributed by atoms with Gasteiger partial charge in [0.05, 0.1) is 13.1 Å². The first-order valence-corrected chi connectivity index (χ1v) is 10.8. The van der Waals surface area contributed by atoms with E-state index in [9.17, 15) is 10.1 Å². The molecule has 160 valence electrons. The number of benzene rings is 3. The Kier molecular flexibility index (Phi) is 6.75. The zero-order valence-electron chi connectivity index (χ0n) is 17.8. The summed E-state index contributed by atoms with van der Waals surface area (Å²) in [6.07, 6.45) is 0.428. The van der Waals surface area contributed by atoms with Gasteiger partial charge in [-0.15, -0.1) is 0 Å². The van der Waals surface area contributed by atoms with Gasteiger partial charge in [-0.25, -0.2) is 0 Å². The first kappa shape index (κ1) is 21.2. The van der Waals surface area contributed by atoms with Crippen molar-refractivity contribution in [1.82, 2.24) is 9.80 Å². The minimum absolute atomic E-state index is 0.0265. The van der Waals surface area contributed by atoms with Crippen molar-refractivity contribution in [3.8, 4) is 0 Å². The van der Waals surface area contributed by atoms with Crippen molar-refractivity contribution in [2.75, 3.05) is 26.2 Å². The molecule has 0 bridgehead atoms. The first-order chi connectivity index (χ1) is 15.1. The molecular formula is C26H29N3O2. The molecule has 0 amide bonds. The van der Waals surface area contributed by atoms with Gasteiger partial charge in [-0.2, -0.15) is 0 Å². The lowest BCUT2D eigenvalue weighted by Gasteiger charge is -2.31. The van der Waals surface area contributed by atoms with E-state index in [0.717, 1.165) is 31.7 Å². The van der Waals surface area contributed by atoms with Gasteiger partial charge in [0.15, 0.2) is 0 Å². The molecule has 3 aromatic rings. The van der Waals surface area contributed by atoms with E-state index < -0.39 is 5.54 Å². The number of hydrogen-bond donors (Lipinski definition) is 0. The zero-order valence-corrected chi connectivity index (χ0v) is 17.8. The molecule has 0 aliphatic carbocycles. The highest BCUT2D eigenvalue weighted by Crippen LogP contribution is 2.25. The molecule has 0 spiro atoms. The van der Waals surface area contributed by atoms with Gasteiger partial charge in [-0.05, 0) is 16.7 Å². The predicted molar refractivity (Wildman–Crippen MR) is 123 cm³/mol. The average molecular weight is 416 g/mol. The largest absolute Gasteiger partial charge is 0.291 e. The number of rotatable bonds is 7. The van der Waals surface area contributed by atoms with Crippen molar-refractivity contribution >= 4 is 0 Å². The molecule has 31 heavy (non-hydrogen) atoms. The van der Waals surface area contributed by atoms with Gasteiger partial charge in [0.25, 0.3) is 5.54 Å². The molecule has 1 heterocycles. The lowest BCUT2D eigenvalue weighted by atomic mass is 9.90. The third-order valence-electron chi connectivity index (χ3n) is 6.03. The van der Waals surface area contributed by atoms with Crippen molar-refractivity contribution in [1.29, 1.82) is 0 Å². The van der Waals surface area contributed by atoms with Crippen molar-refractivity contribution in [3.05, 3.63) is 118 Å². The maximum atomic E-state index is 12.6. The average Bonchev–Trinajstić information content (AvgIpc) is 2.96. The van der Waals surface area contributed by atoms with Crippen LogP contribution in [0, 0.1) is 10.1 Å². The van der Waals surface area contributed by atoms with Crippen LogP contribution in [0.15, 0.2) is 91.0 Å². The molecule has 4 rings (SSSR count). The van der Waals surface area contributed by atoms with Gasteiger partial charge in [0, 0.05) is 37.5 Å². The summed E-state index contributed by atoms with van der Waals surface area (Å²) in [5, 5.41) is 12.6. The molecule has 1 saturated heterocycles. The zero-order chi connectivity index (χ0) is 21.5. The Morgan fingerprint density at radius 1 is 0.677 bits per heavy atom. The molecule has 1 aliphatic heterocycles. The summed E-state index contributed by atoms with van der Waals surface area (Å²) in [6, 6.07) is 30.4. The van der Waals surface area contributed by atoms with Crippen molar-refractivity contribution < 1.29 is 4.92 Å². The summed E-state index contributed by atoms with van der Waals surface area (Å²) < 4.78 is 0. The molecule has 1 fully saturated rings. The molecule has 0 unspecified atom stereocenters. The molecule has 0 N–H and O–H groups in total. The van der Waals surface area contributed by atoms with Crippen LogP contribution in [0.2, 0.25) is 0 Å². The predicted octanol–water partition coefficient (Wildman–Crippen LogP) is 4.26. The summed E-state index contributed by atoms with van der Waals surface area (Å²) in [4.78, 5) is 17.1. The molecule has 3 aromatic carbocycles. The van der Waals surface area contributed by atoms with Gasteiger partial charge in [-0.3, -0.25) is 19.9 Å². The van der Waals surface area contributed by atoms with E-state index in [1.807, 2.05) is 66.7 Å². The van der Waals surface area contributed by atoms with Gasteiger partial charge in [-0.1, -0.05) is 91.0 Å². The normalized spacial score (nSPS) is 17.2. The van der Waals surface area contributed by atoms with Crippen LogP contribution < -0.4 is 0 Å². The van der Waals surface area contributed by atoms with Crippen LogP contribution in [0.3, 0.4) is 0 Å². The number of nitro groups is 1. The van der Waals surface area contributed by atoms with E-state index >= 15 is 0 Å². The standard InChI is InChI=1S/C26H29N3O2/c30-29(31)26(18-23-10-4-1-5-11-23)21-27(19-24-12-6-2-7-13-24)16-17-28(22-26)20-25-14-8-3-9-15-25/h1-15H,16-22H2. The Labute approximate surface area is 184 Å². The Bertz CT molecular complexity index is 912. The third-order valence-corrected chi connectivity index (χ3v) is 6.03. The lowest BCUT2D eigenvalue weighted by molar-refractivity contribution is -0.570. The quantitative estimate of drug-likeness (QED) is 0.427. The van der Waals surface area contributed by atoms with E-state index in [0.29, 0.717) is 19.5 Å². The van der Waals surface area contributed by atoms with Crippen molar-refractivity contribution in [3.63, 3.8) is 0 Å². The maximum Gasteiger partial charge on any atom is 0.251 e. The lowest BCUT2D eigenvalue weighted by Crippen LogP contribution is -2.54. The molecule has 0 saturated carbocycles. The fraction of sp³-hybridized carbons (Fsp3) is 0.308. The van der Waals surface area contributed by atoms with Crippen LogP contribution in [0.1, 0.15) is 16.7 Å². The van der Waals surface area contributed by atoms with Crippen molar-refractivity contribution in [2.24, 2.45) is 0 Å². The SMILES string of the molecule is O=[N+]([O-])C1(Cc2ccccc2)CN(Cc2ccccc2)CCN(Cc2ccccc2)C1. The highest BCUT2D eigenvalue weighted by molar-refractivity contribution is 5.19. The smallest absolute Gasteiger partial charge is 0.251 e. The first-order valence-electron chi connectivity index (χ1n) is 10.8. The molecule has 0 atom stereocenters. The molecule has 5 nitrogen and oxygen atoms in total. The minimum Gasteiger partial charge on any atom is -0.291 e. The Morgan fingerprint density at radius 3 is 1.45 bits per heavy atom. The summed E-state index contributed by atoms with van der Waals surface area (Å²) in [7, 11) is 0. The number of hydrogen-bond acceptors (Lipinski definition) is 4. The third kappa shape index (κ3) is 5.57. The summed E-state index contributed by atoms with van der Waals surface area (Å²) in [5.74, 6) is 0. The highest BCUT2D eigenvalue weighted by Gasteiger charge is 2.47. The summed E-state index contributed by atoms with van der Waals surface area (Å²) in [6.45, 7) is 3.96. The highest BCUT2D eigenvalue weighted by atomic mass is 16.6.